The Morgan fingerprint density at radius 2 is 2.08 bits per heavy atom. The molecular weight excluding hydrogens is 218 g/mol. The largest absolute Gasteiger partial charge is 0.248 e. The van der Waals surface area contributed by atoms with Crippen LogP contribution in [0.25, 0.3) is 0 Å². The maximum atomic E-state index is 4.04. The first-order valence-corrected chi connectivity index (χ1v) is 5.16. The second kappa shape index (κ2) is 4.60. The fraction of sp³-hybridized carbons (Fsp3) is 0.750. The molecule has 0 saturated carbocycles. The highest BCUT2D eigenvalue weighted by Gasteiger charge is 2.07. The van der Waals surface area contributed by atoms with Crippen molar-refractivity contribution in [2.24, 2.45) is 0 Å². The first-order valence-electron chi connectivity index (χ1n) is 4.37. The Balaban J connectivity index is 2.80. The maximum absolute atomic E-state index is 4.04. The van der Waals surface area contributed by atoms with Crippen LogP contribution in [0.5, 0.6) is 0 Å². The average molecular weight is 232 g/mol. The van der Waals surface area contributed by atoms with Gasteiger partial charge in [0.2, 0.25) is 0 Å². The van der Waals surface area contributed by atoms with E-state index in [2.05, 4.69) is 40.1 Å². The molecule has 0 N–H and O–H groups in total. The topological polar surface area (TPSA) is 30.7 Å². The number of nitrogens with zero attached hydrogens (tertiary/aromatic N) is 3. The van der Waals surface area contributed by atoms with Gasteiger partial charge in [0.1, 0.15) is 0 Å². The van der Waals surface area contributed by atoms with E-state index in [0.29, 0.717) is 0 Å². The van der Waals surface area contributed by atoms with Gasteiger partial charge in [-0.3, -0.25) is 0 Å². The smallest absolute Gasteiger partial charge is 0.151 e. The van der Waals surface area contributed by atoms with Gasteiger partial charge in [0, 0.05) is 6.54 Å². The molecule has 3 nitrogen and oxygen atoms in total. The van der Waals surface area contributed by atoms with E-state index < -0.39 is 0 Å². The molecule has 0 bridgehead atoms. The number of aromatic nitrogens is 3. The van der Waals surface area contributed by atoms with Crippen molar-refractivity contribution in [2.75, 3.05) is 0 Å². The Morgan fingerprint density at radius 1 is 1.33 bits per heavy atom. The molecule has 0 aliphatic heterocycles. The summed E-state index contributed by atoms with van der Waals surface area (Å²) in [5, 5.41) is 8.03. The van der Waals surface area contributed by atoms with E-state index in [1.807, 2.05) is 4.68 Å². The van der Waals surface area contributed by atoms with Crippen molar-refractivity contribution in [1.29, 1.82) is 0 Å². The van der Waals surface area contributed by atoms with Crippen LogP contribution in [0.15, 0.2) is 4.60 Å². The van der Waals surface area contributed by atoms with E-state index in [4.69, 9.17) is 0 Å². The number of halogens is 1. The Hall–Kier alpha value is -0.380. The van der Waals surface area contributed by atoms with E-state index in [9.17, 15) is 0 Å². The fourth-order valence-corrected chi connectivity index (χ4v) is 1.65. The van der Waals surface area contributed by atoms with Crippen LogP contribution in [0, 0.1) is 0 Å². The van der Waals surface area contributed by atoms with E-state index in [1.54, 1.807) is 0 Å². The van der Waals surface area contributed by atoms with Crippen LogP contribution < -0.4 is 0 Å². The zero-order valence-electron chi connectivity index (χ0n) is 7.55. The molecule has 0 saturated heterocycles. The van der Waals surface area contributed by atoms with Crippen molar-refractivity contribution in [3.05, 3.63) is 10.3 Å². The van der Waals surface area contributed by atoms with Crippen LogP contribution in [0.1, 0.15) is 32.4 Å². The van der Waals surface area contributed by atoms with Crippen molar-refractivity contribution in [2.45, 2.75) is 39.7 Å². The highest BCUT2D eigenvalue weighted by Crippen LogP contribution is 2.14. The quantitative estimate of drug-likeness (QED) is 0.797. The highest BCUT2D eigenvalue weighted by atomic mass is 79.9. The Morgan fingerprint density at radius 3 is 2.67 bits per heavy atom. The first kappa shape index (κ1) is 9.71. The van der Waals surface area contributed by atoms with Gasteiger partial charge in [-0.05, 0) is 28.8 Å². The third-order valence-electron chi connectivity index (χ3n) is 1.71. The number of hydrogen-bond donors (Lipinski definition) is 0. The number of hydrogen-bond acceptors (Lipinski definition) is 2. The Bertz CT molecular complexity index is 244. The minimum Gasteiger partial charge on any atom is -0.248 e. The zero-order valence-corrected chi connectivity index (χ0v) is 9.13. The summed E-state index contributed by atoms with van der Waals surface area (Å²) in [5.41, 5.74) is 1.22. The lowest BCUT2D eigenvalue weighted by Crippen LogP contribution is -2.04. The Kier molecular flexibility index (Phi) is 3.72. The van der Waals surface area contributed by atoms with Gasteiger partial charge >= 0.3 is 0 Å². The molecule has 0 aromatic carbocycles. The van der Waals surface area contributed by atoms with Crippen molar-refractivity contribution < 1.29 is 0 Å². The van der Waals surface area contributed by atoms with Gasteiger partial charge < -0.3 is 0 Å². The molecule has 0 spiro atoms. The Labute approximate surface area is 81.3 Å². The normalized spacial score (nSPS) is 10.6. The maximum Gasteiger partial charge on any atom is 0.151 e. The van der Waals surface area contributed by atoms with Gasteiger partial charge in [-0.2, -0.15) is 0 Å². The molecule has 4 heteroatoms. The zero-order chi connectivity index (χ0) is 8.97. The highest BCUT2D eigenvalue weighted by molar-refractivity contribution is 9.10. The average Bonchev–Trinajstić information content (AvgIpc) is 2.37. The van der Waals surface area contributed by atoms with E-state index in [-0.39, 0.29) is 0 Å². The van der Waals surface area contributed by atoms with Gasteiger partial charge in [0.15, 0.2) is 4.60 Å². The SMILES string of the molecule is CCCc1c(Br)nnn1CCC. The van der Waals surface area contributed by atoms with Gasteiger partial charge in [0.05, 0.1) is 5.69 Å². The fourth-order valence-electron chi connectivity index (χ4n) is 1.17. The lowest BCUT2D eigenvalue weighted by Gasteiger charge is -2.02. The third-order valence-corrected chi connectivity index (χ3v) is 2.33. The summed E-state index contributed by atoms with van der Waals surface area (Å²) in [6.07, 6.45) is 3.29. The summed E-state index contributed by atoms with van der Waals surface area (Å²) in [7, 11) is 0. The van der Waals surface area contributed by atoms with Crippen molar-refractivity contribution in [1.82, 2.24) is 15.0 Å². The van der Waals surface area contributed by atoms with Crippen LogP contribution >= 0.6 is 15.9 Å². The summed E-state index contributed by atoms with van der Waals surface area (Å²) < 4.78 is 2.88. The van der Waals surface area contributed by atoms with Gasteiger partial charge in [0.25, 0.3) is 0 Å². The molecule has 0 amide bonds. The summed E-state index contributed by atoms with van der Waals surface area (Å²) in [6, 6.07) is 0. The lowest BCUT2D eigenvalue weighted by molar-refractivity contribution is 0.552. The third kappa shape index (κ3) is 2.06. The van der Waals surface area contributed by atoms with Crippen molar-refractivity contribution in [3.63, 3.8) is 0 Å². The molecule has 0 fully saturated rings. The van der Waals surface area contributed by atoms with E-state index >= 15 is 0 Å². The van der Waals surface area contributed by atoms with E-state index in [1.165, 1.54) is 5.69 Å². The minimum atomic E-state index is 0.901. The second-order valence-electron chi connectivity index (χ2n) is 2.80. The van der Waals surface area contributed by atoms with E-state index in [0.717, 1.165) is 30.4 Å². The first-order chi connectivity index (χ1) is 5.79. The van der Waals surface area contributed by atoms with Gasteiger partial charge in [-0.15, -0.1) is 5.10 Å². The second-order valence-corrected chi connectivity index (χ2v) is 3.55. The summed E-state index contributed by atoms with van der Waals surface area (Å²) in [5.74, 6) is 0. The summed E-state index contributed by atoms with van der Waals surface area (Å²) >= 11 is 3.39. The van der Waals surface area contributed by atoms with Crippen LogP contribution in [-0.4, -0.2) is 15.0 Å². The van der Waals surface area contributed by atoms with Crippen LogP contribution in [0.4, 0.5) is 0 Å². The molecule has 0 radical (unpaired) electrons. The monoisotopic (exact) mass is 231 g/mol. The molecule has 0 atom stereocenters. The van der Waals surface area contributed by atoms with Crippen LogP contribution in [0.2, 0.25) is 0 Å². The number of aryl methyl sites for hydroxylation is 1. The lowest BCUT2D eigenvalue weighted by atomic mass is 10.2. The van der Waals surface area contributed by atoms with Gasteiger partial charge in [-0.25, -0.2) is 4.68 Å². The molecule has 68 valence electrons. The molecule has 12 heavy (non-hydrogen) atoms. The van der Waals surface area contributed by atoms with Gasteiger partial charge in [-0.1, -0.05) is 25.5 Å². The summed E-state index contributed by atoms with van der Waals surface area (Å²) in [4.78, 5) is 0. The summed E-state index contributed by atoms with van der Waals surface area (Å²) in [6.45, 7) is 5.27. The molecule has 1 aromatic rings. The van der Waals surface area contributed by atoms with Crippen molar-refractivity contribution >= 4 is 15.9 Å². The molecule has 0 unspecified atom stereocenters. The molecule has 1 aromatic heterocycles. The minimum absolute atomic E-state index is 0.901. The standard InChI is InChI=1S/C8H14BrN3/c1-3-5-7-8(9)10-11-12(7)6-4-2/h3-6H2,1-2H3. The molecule has 1 rings (SSSR count). The predicted molar refractivity (Wildman–Crippen MR) is 52.0 cm³/mol. The molecule has 0 aliphatic carbocycles. The molecular formula is C8H14BrN3. The molecule has 1 heterocycles. The molecule has 0 aliphatic rings. The predicted octanol–water partition coefficient (Wildman–Crippen LogP) is 2.40. The van der Waals surface area contributed by atoms with Crippen LogP contribution in [-0.2, 0) is 13.0 Å². The number of rotatable bonds is 4. The van der Waals surface area contributed by atoms with Crippen LogP contribution in [0.3, 0.4) is 0 Å². The van der Waals surface area contributed by atoms with Crippen molar-refractivity contribution in [3.8, 4) is 0 Å².